The van der Waals surface area contributed by atoms with Crippen LogP contribution >= 0.6 is 0 Å². The molecule has 0 aromatic heterocycles. The molecule has 17 heteroatoms. The number of carbonyl (C=O) groups is 1. The van der Waals surface area contributed by atoms with E-state index in [0.717, 1.165) is 0 Å². The maximum Gasteiger partial charge on any atom is 0.176 e. The van der Waals surface area contributed by atoms with Crippen molar-refractivity contribution in [3.05, 3.63) is 35.9 Å². The first kappa shape index (κ1) is 34.1. The first-order chi connectivity index (χ1) is 20.4. The normalized spacial score (nSPS) is 45.6. The highest BCUT2D eigenvalue weighted by atomic mass is 16.7. The van der Waals surface area contributed by atoms with Gasteiger partial charge in [-0.3, -0.25) is 4.79 Å². The van der Waals surface area contributed by atoms with E-state index in [9.17, 15) is 45.6 Å². The average Bonchev–Trinajstić information content (AvgIpc) is 3.01. The molecular formula is C26H41N3O14. The molecule has 43 heavy (non-hydrogen) atoms. The van der Waals surface area contributed by atoms with Crippen LogP contribution in [0.25, 0.3) is 0 Å². The van der Waals surface area contributed by atoms with Gasteiger partial charge in [-0.25, -0.2) is 0 Å². The molecule has 3 fully saturated rings. The topological polar surface area (TPSA) is 303 Å². The van der Waals surface area contributed by atoms with Crippen LogP contribution in [0, 0.1) is 0 Å². The first-order valence-electron chi connectivity index (χ1n) is 13.8. The number of hydrogen-bond donors (Lipinski definition) is 11. The molecule has 15 atom stereocenters. The van der Waals surface area contributed by atoms with Crippen molar-refractivity contribution in [1.82, 2.24) is 0 Å². The molecule has 0 amide bonds. The minimum absolute atomic E-state index is 0.258. The van der Waals surface area contributed by atoms with Gasteiger partial charge in [0.1, 0.15) is 54.4 Å². The van der Waals surface area contributed by atoms with Crippen molar-refractivity contribution in [2.24, 2.45) is 17.2 Å². The molecule has 3 aliphatic rings. The number of rotatable bonds is 10. The van der Waals surface area contributed by atoms with Crippen molar-refractivity contribution in [3.63, 3.8) is 0 Å². The van der Waals surface area contributed by atoms with Gasteiger partial charge in [0.25, 0.3) is 0 Å². The molecule has 14 N–H and O–H groups in total. The minimum atomic E-state index is -2.06. The van der Waals surface area contributed by atoms with Crippen LogP contribution in [-0.4, -0.2) is 158 Å². The zero-order chi connectivity index (χ0) is 31.6. The van der Waals surface area contributed by atoms with Gasteiger partial charge in [-0.15, -0.1) is 0 Å². The van der Waals surface area contributed by atoms with E-state index in [0.29, 0.717) is 0 Å². The van der Waals surface area contributed by atoms with E-state index in [-0.39, 0.29) is 5.56 Å². The van der Waals surface area contributed by atoms with Crippen molar-refractivity contribution < 1.29 is 69.3 Å². The van der Waals surface area contributed by atoms with Crippen LogP contribution < -0.4 is 17.2 Å². The maximum atomic E-state index is 13.0. The van der Waals surface area contributed by atoms with Gasteiger partial charge < -0.3 is 81.7 Å². The molecule has 1 aromatic rings. The Morgan fingerprint density at radius 1 is 0.767 bits per heavy atom. The summed E-state index contributed by atoms with van der Waals surface area (Å²) >= 11 is 0. The Morgan fingerprint density at radius 3 is 1.88 bits per heavy atom. The number of aliphatic hydroxyl groups excluding tert-OH is 8. The zero-order valence-electron chi connectivity index (χ0n) is 23.1. The summed E-state index contributed by atoms with van der Waals surface area (Å²) in [4.78, 5) is 13.0. The molecule has 3 aliphatic heterocycles. The standard InChI is InChI=1S/C26H41N3O14/c27-14-17(34)20(12(7-30)39-23(14)38)41-24-15(28)18(35)21(13(8-31)40-24)42-25-16(29)19(36)22(37)26(9-32,43-25)6-11(33)10-4-2-1-3-5-10/h1-5,12-25,30-32,34-38H,6-9,27-29H2/t12-,13-,14-,15-,16-,17-,18-,19-,20?,21?,22+,23-,24+,25+,26-/m1/s1. The van der Waals surface area contributed by atoms with E-state index in [4.69, 9.17) is 40.9 Å². The van der Waals surface area contributed by atoms with Gasteiger partial charge in [-0.05, 0) is 0 Å². The van der Waals surface area contributed by atoms with E-state index >= 15 is 0 Å². The van der Waals surface area contributed by atoms with Crippen LogP contribution in [0.4, 0.5) is 0 Å². The number of carbonyl (C=O) groups excluding carboxylic acids is 1. The van der Waals surface area contributed by atoms with Crippen LogP contribution in [0.1, 0.15) is 16.8 Å². The molecule has 4 rings (SSSR count). The highest BCUT2D eigenvalue weighted by Gasteiger charge is 2.56. The largest absolute Gasteiger partial charge is 0.394 e. The van der Waals surface area contributed by atoms with Gasteiger partial charge >= 0.3 is 0 Å². The predicted octanol–water partition coefficient (Wildman–Crippen LogP) is -6.03. The quantitative estimate of drug-likeness (QED) is 0.109. The molecule has 0 spiro atoms. The third kappa shape index (κ3) is 6.77. The van der Waals surface area contributed by atoms with Gasteiger partial charge in [0.15, 0.2) is 24.7 Å². The minimum Gasteiger partial charge on any atom is -0.394 e. The Labute approximate surface area is 246 Å². The second kappa shape index (κ2) is 14.1. The van der Waals surface area contributed by atoms with E-state index < -0.39 is 123 Å². The lowest BCUT2D eigenvalue weighted by Crippen LogP contribution is -2.71. The van der Waals surface area contributed by atoms with Crippen molar-refractivity contribution in [1.29, 1.82) is 0 Å². The number of ketones is 1. The summed E-state index contributed by atoms with van der Waals surface area (Å²) < 4.78 is 28.3. The van der Waals surface area contributed by atoms with Gasteiger partial charge in [0.05, 0.1) is 37.9 Å². The predicted molar refractivity (Wildman–Crippen MR) is 141 cm³/mol. The summed E-state index contributed by atoms with van der Waals surface area (Å²) in [6.07, 6.45) is -17.6. The van der Waals surface area contributed by atoms with Crippen LogP contribution in [-0.2, 0) is 23.7 Å². The van der Waals surface area contributed by atoms with E-state index in [2.05, 4.69) is 0 Å². The van der Waals surface area contributed by atoms with Crippen LogP contribution in [0.5, 0.6) is 0 Å². The average molecular weight is 620 g/mol. The van der Waals surface area contributed by atoms with E-state index in [1.807, 2.05) is 0 Å². The fraction of sp³-hybridized carbons (Fsp3) is 0.731. The Bertz CT molecular complexity index is 1060. The van der Waals surface area contributed by atoms with Crippen molar-refractivity contribution in [2.45, 2.75) is 97.8 Å². The maximum absolute atomic E-state index is 13.0. The summed E-state index contributed by atoms with van der Waals surface area (Å²) in [6.45, 7) is -2.38. The SMILES string of the molecule is N[C@H]1[C@@H](OC2[C@@H](CO)O[C@@H](OC3[C@@H](CO)O[C@@H](O)[C@H](N)[C@H]3O)[C@H](N)[C@H]2O)O[C@@](CO)(CC(=O)c2ccccc2)[C@@H](O)[C@@H]1O. The van der Waals surface area contributed by atoms with Gasteiger partial charge in [0, 0.05) is 12.0 Å². The lowest BCUT2D eigenvalue weighted by atomic mass is 9.81. The summed E-state index contributed by atoms with van der Waals surface area (Å²) in [5.74, 6) is -0.520. The fourth-order valence-electron chi connectivity index (χ4n) is 5.47. The highest BCUT2D eigenvalue weighted by Crippen LogP contribution is 2.36. The number of aliphatic hydroxyl groups is 8. The lowest BCUT2D eigenvalue weighted by molar-refractivity contribution is -0.360. The third-order valence-corrected chi connectivity index (χ3v) is 8.15. The Balaban J connectivity index is 1.51. The number of hydrogen-bond acceptors (Lipinski definition) is 17. The van der Waals surface area contributed by atoms with Crippen molar-refractivity contribution in [2.75, 3.05) is 19.8 Å². The Kier molecular flexibility index (Phi) is 11.2. The molecule has 0 saturated carbocycles. The Morgan fingerprint density at radius 2 is 1.30 bits per heavy atom. The van der Waals surface area contributed by atoms with Crippen molar-refractivity contribution in [3.8, 4) is 0 Å². The first-order valence-corrected chi connectivity index (χ1v) is 13.8. The molecule has 3 heterocycles. The molecule has 244 valence electrons. The van der Waals surface area contributed by atoms with Crippen molar-refractivity contribution >= 4 is 5.78 Å². The number of Topliss-reactive ketones (excluding diaryl/α,β-unsaturated/α-hetero) is 1. The molecule has 2 unspecified atom stereocenters. The van der Waals surface area contributed by atoms with Gasteiger partial charge in [-0.2, -0.15) is 0 Å². The molecular weight excluding hydrogens is 578 g/mol. The molecule has 0 radical (unpaired) electrons. The smallest absolute Gasteiger partial charge is 0.176 e. The summed E-state index contributed by atoms with van der Waals surface area (Å²) in [5, 5.41) is 83.0. The molecule has 1 aromatic carbocycles. The molecule has 0 aliphatic carbocycles. The monoisotopic (exact) mass is 619 g/mol. The highest BCUT2D eigenvalue weighted by molar-refractivity contribution is 5.96. The van der Waals surface area contributed by atoms with E-state index in [1.54, 1.807) is 18.2 Å². The van der Waals surface area contributed by atoms with E-state index in [1.165, 1.54) is 12.1 Å². The summed E-state index contributed by atoms with van der Waals surface area (Å²) in [6, 6.07) is 3.81. The van der Waals surface area contributed by atoms with Gasteiger partial charge in [-0.1, -0.05) is 30.3 Å². The molecule has 3 saturated heterocycles. The van der Waals surface area contributed by atoms with Crippen LogP contribution in [0.2, 0.25) is 0 Å². The lowest BCUT2D eigenvalue weighted by Gasteiger charge is -2.51. The zero-order valence-corrected chi connectivity index (χ0v) is 23.1. The van der Waals surface area contributed by atoms with Crippen LogP contribution in [0.15, 0.2) is 30.3 Å². The fourth-order valence-corrected chi connectivity index (χ4v) is 5.47. The second-order valence-corrected chi connectivity index (χ2v) is 11.0. The van der Waals surface area contributed by atoms with Crippen LogP contribution in [0.3, 0.4) is 0 Å². The second-order valence-electron chi connectivity index (χ2n) is 11.0. The third-order valence-electron chi connectivity index (χ3n) is 8.15. The number of ether oxygens (including phenoxy) is 5. The Hall–Kier alpha value is -1.75. The molecule has 17 nitrogen and oxygen atoms in total. The number of nitrogens with two attached hydrogens (primary N) is 3. The summed E-state index contributed by atoms with van der Waals surface area (Å²) in [7, 11) is 0. The van der Waals surface area contributed by atoms with Gasteiger partial charge in [0.2, 0.25) is 0 Å². The summed E-state index contributed by atoms with van der Waals surface area (Å²) in [5.41, 5.74) is 16.2. The number of benzene rings is 1. The molecule has 0 bridgehead atoms.